The summed E-state index contributed by atoms with van der Waals surface area (Å²) in [5, 5.41) is 11.2. The van der Waals surface area contributed by atoms with Crippen LogP contribution in [0.1, 0.15) is 0 Å². The number of hydrogen-bond acceptors (Lipinski definition) is 7. The van der Waals surface area contributed by atoms with E-state index in [1.807, 2.05) is 0 Å². The molecule has 25 heavy (non-hydrogen) atoms. The van der Waals surface area contributed by atoms with Gasteiger partial charge in [-0.25, -0.2) is 9.97 Å². The lowest BCUT2D eigenvalue weighted by Crippen LogP contribution is -1.96. The molecule has 3 aromatic rings. The van der Waals surface area contributed by atoms with Crippen LogP contribution < -0.4 is 14.2 Å². The lowest BCUT2D eigenvalue weighted by atomic mass is 10.2. The number of aromatic nitrogens is 2. The van der Waals surface area contributed by atoms with Gasteiger partial charge in [-0.1, -0.05) is 0 Å². The highest BCUT2D eigenvalue weighted by Crippen LogP contribution is 2.36. The van der Waals surface area contributed by atoms with Gasteiger partial charge in [0, 0.05) is 18.2 Å². The Balaban J connectivity index is 2.04. The van der Waals surface area contributed by atoms with E-state index in [0.717, 1.165) is 12.1 Å². The molecule has 0 amide bonds. The van der Waals surface area contributed by atoms with Crippen LogP contribution in [-0.2, 0) is 0 Å². The van der Waals surface area contributed by atoms with Crippen molar-refractivity contribution < 1.29 is 23.5 Å². The Kier molecular flexibility index (Phi) is 4.29. The summed E-state index contributed by atoms with van der Waals surface area (Å²) in [6.45, 7) is 0. The Morgan fingerprint density at radius 2 is 1.80 bits per heavy atom. The van der Waals surface area contributed by atoms with Crippen LogP contribution in [0.15, 0.2) is 36.7 Å². The van der Waals surface area contributed by atoms with Crippen molar-refractivity contribution in [3.63, 3.8) is 0 Å². The Hall–Kier alpha value is -3.49. The molecule has 9 heteroatoms. The highest BCUT2D eigenvalue weighted by molar-refractivity contribution is 5.87. The number of hydrogen-bond donors (Lipinski definition) is 0. The highest BCUT2D eigenvalue weighted by atomic mass is 19.1. The molecule has 0 atom stereocenters. The van der Waals surface area contributed by atoms with E-state index in [-0.39, 0.29) is 11.6 Å². The van der Waals surface area contributed by atoms with E-state index in [9.17, 15) is 14.5 Å². The molecule has 0 bridgehead atoms. The van der Waals surface area contributed by atoms with Crippen molar-refractivity contribution in [2.75, 3.05) is 14.2 Å². The van der Waals surface area contributed by atoms with Gasteiger partial charge in [-0.3, -0.25) is 10.1 Å². The summed E-state index contributed by atoms with van der Waals surface area (Å²) in [5.74, 6) is 0.155. The molecule has 0 aliphatic carbocycles. The third-order valence-corrected chi connectivity index (χ3v) is 3.43. The molecule has 0 fully saturated rings. The second-order valence-electron chi connectivity index (χ2n) is 4.88. The van der Waals surface area contributed by atoms with Crippen molar-refractivity contribution in [3.8, 4) is 23.1 Å². The number of benzene rings is 2. The molecule has 1 aromatic heterocycles. The average Bonchev–Trinajstić information content (AvgIpc) is 2.60. The number of fused-ring (bicyclic) bond motifs is 1. The molecule has 0 N–H and O–H groups in total. The zero-order valence-corrected chi connectivity index (χ0v) is 13.2. The van der Waals surface area contributed by atoms with Gasteiger partial charge < -0.3 is 14.2 Å². The van der Waals surface area contributed by atoms with Crippen molar-refractivity contribution in [2.45, 2.75) is 0 Å². The third-order valence-electron chi connectivity index (χ3n) is 3.43. The van der Waals surface area contributed by atoms with E-state index in [4.69, 9.17) is 14.2 Å². The van der Waals surface area contributed by atoms with Crippen LogP contribution in [0, 0.1) is 15.9 Å². The van der Waals surface area contributed by atoms with Gasteiger partial charge in [0.15, 0.2) is 11.5 Å². The van der Waals surface area contributed by atoms with Crippen LogP contribution in [0.4, 0.5) is 10.1 Å². The van der Waals surface area contributed by atoms with Gasteiger partial charge >= 0.3 is 5.69 Å². The quantitative estimate of drug-likeness (QED) is 0.516. The molecule has 0 spiro atoms. The Morgan fingerprint density at radius 1 is 1.08 bits per heavy atom. The van der Waals surface area contributed by atoms with E-state index < -0.39 is 16.4 Å². The normalized spacial score (nSPS) is 10.5. The molecule has 1 heterocycles. The summed E-state index contributed by atoms with van der Waals surface area (Å²) in [7, 11) is 2.99. The second-order valence-corrected chi connectivity index (χ2v) is 4.88. The molecule has 0 saturated heterocycles. The number of halogens is 1. The van der Waals surface area contributed by atoms with E-state index in [2.05, 4.69) is 9.97 Å². The molecule has 128 valence electrons. The molecule has 0 radical (unpaired) electrons. The molecular weight excluding hydrogens is 333 g/mol. The van der Waals surface area contributed by atoms with Crippen LogP contribution in [0.5, 0.6) is 23.1 Å². The van der Waals surface area contributed by atoms with Gasteiger partial charge in [0.2, 0.25) is 11.7 Å². The van der Waals surface area contributed by atoms with Gasteiger partial charge in [0.25, 0.3) is 0 Å². The molecule has 8 nitrogen and oxygen atoms in total. The molecular formula is C16H12FN3O5. The van der Waals surface area contributed by atoms with Crippen LogP contribution in [0.3, 0.4) is 0 Å². The zero-order valence-electron chi connectivity index (χ0n) is 13.2. The largest absolute Gasteiger partial charge is 0.493 e. The minimum atomic E-state index is -1.000. The summed E-state index contributed by atoms with van der Waals surface area (Å²) in [6.07, 6.45) is 1.28. The number of rotatable bonds is 5. The number of methoxy groups -OCH3 is 2. The average molecular weight is 345 g/mol. The zero-order chi connectivity index (χ0) is 18.0. The minimum absolute atomic E-state index is 0.0675. The summed E-state index contributed by atoms with van der Waals surface area (Å²) < 4.78 is 29.8. The van der Waals surface area contributed by atoms with E-state index >= 15 is 0 Å². The third kappa shape index (κ3) is 3.11. The first-order valence-electron chi connectivity index (χ1n) is 7.02. The fourth-order valence-electron chi connectivity index (χ4n) is 2.25. The van der Waals surface area contributed by atoms with Crippen LogP contribution in [0.25, 0.3) is 10.9 Å². The van der Waals surface area contributed by atoms with Gasteiger partial charge in [-0.15, -0.1) is 0 Å². The number of nitro benzene ring substituents is 1. The molecule has 2 aromatic carbocycles. The van der Waals surface area contributed by atoms with E-state index in [1.165, 1.54) is 26.6 Å². The van der Waals surface area contributed by atoms with Crippen LogP contribution in [-0.4, -0.2) is 29.1 Å². The predicted molar refractivity (Wildman–Crippen MR) is 85.8 cm³/mol. The Morgan fingerprint density at radius 3 is 2.44 bits per heavy atom. The first-order valence-corrected chi connectivity index (χ1v) is 7.02. The molecule has 3 rings (SSSR count). The molecule has 0 saturated carbocycles. The number of nitro groups is 1. The predicted octanol–water partition coefficient (Wildman–Crippen LogP) is 3.49. The number of nitrogens with zero attached hydrogens (tertiary/aromatic N) is 3. The van der Waals surface area contributed by atoms with Crippen LogP contribution in [0.2, 0.25) is 0 Å². The molecule has 0 aliphatic rings. The van der Waals surface area contributed by atoms with Crippen molar-refractivity contribution >= 4 is 16.6 Å². The first kappa shape index (κ1) is 16.4. The Labute approximate surface area is 140 Å². The lowest BCUT2D eigenvalue weighted by Gasteiger charge is -2.11. The van der Waals surface area contributed by atoms with Crippen molar-refractivity contribution in [2.24, 2.45) is 0 Å². The SMILES string of the molecule is COc1cc2ncnc(Oc3ccc([N+](=O)[O-])c(F)c3)c2cc1OC. The van der Waals surface area contributed by atoms with Gasteiger partial charge in [-0.2, -0.15) is 4.39 Å². The van der Waals surface area contributed by atoms with Gasteiger partial charge in [0.05, 0.1) is 30.0 Å². The lowest BCUT2D eigenvalue weighted by molar-refractivity contribution is -0.387. The highest BCUT2D eigenvalue weighted by Gasteiger charge is 2.16. The van der Waals surface area contributed by atoms with Crippen molar-refractivity contribution in [3.05, 3.63) is 52.6 Å². The van der Waals surface area contributed by atoms with Gasteiger partial charge in [-0.05, 0) is 12.1 Å². The second kappa shape index (κ2) is 6.56. The minimum Gasteiger partial charge on any atom is -0.493 e. The molecule has 0 unspecified atom stereocenters. The first-order chi connectivity index (χ1) is 12.0. The fraction of sp³-hybridized carbons (Fsp3) is 0.125. The summed E-state index contributed by atoms with van der Waals surface area (Å²) in [4.78, 5) is 18.0. The Bertz CT molecular complexity index is 964. The monoisotopic (exact) mass is 345 g/mol. The van der Waals surface area contributed by atoms with E-state index in [0.29, 0.717) is 22.4 Å². The summed E-state index contributed by atoms with van der Waals surface area (Å²) in [6, 6.07) is 6.52. The standard InChI is InChI=1S/C16H12FN3O5/c1-23-14-6-10-12(7-15(14)24-2)18-8-19-16(10)25-9-3-4-13(20(21)22)11(17)5-9/h3-8H,1-2H3. The molecule has 0 aliphatic heterocycles. The maximum atomic E-state index is 13.7. The maximum Gasteiger partial charge on any atom is 0.305 e. The van der Waals surface area contributed by atoms with Crippen LogP contribution >= 0.6 is 0 Å². The van der Waals surface area contributed by atoms with Crippen molar-refractivity contribution in [1.29, 1.82) is 0 Å². The topological polar surface area (TPSA) is 96.6 Å². The van der Waals surface area contributed by atoms with Crippen molar-refractivity contribution in [1.82, 2.24) is 9.97 Å². The number of ether oxygens (including phenoxy) is 3. The van der Waals surface area contributed by atoms with E-state index in [1.54, 1.807) is 12.1 Å². The summed E-state index contributed by atoms with van der Waals surface area (Å²) >= 11 is 0. The fourth-order valence-corrected chi connectivity index (χ4v) is 2.25. The smallest absolute Gasteiger partial charge is 0.305 e. The van der Waals surface area contributed by atoms with Gasteiger partial charge in [0.1, 0.15) is 12.1 Å². The maximum absolute atomic E-state index is 13.7. The summed E-state index contributed by atoms with van der Waals surface area (Å²) in [5.41, 5.74) is -0.101.